The minimum Gasteiger partial charge on any atom is -0.308 e. The highest BCUT2D eigenvalue weighted by Crippen LogP contribution is 1.82. The van der Waals surface area contributed by atoms with E-state index in [9.17, 15) is 8.42 Å². The van der Waals surface area contributed by atoms with Crippen molar-refractivity contribution in [3.63, 3.8) is 0 Å². The van der Waals surface area contributed by atoms with E-state index in [2.05, 4.69) is 0 Å². The van der Waals surface area contributed by atoms with Gasteiger partial charge >= 0.3 is 0 Å². The monoisotopic (exact) mass is 231 g/mol. The summed E-state index contributed by atoms with van der Waals surface area (Å²) in [5, 5.41) is 0. The van der Waals surface area contributed by atoms with Crippen molar-refractivity contribution in [2.45, 2.75) is 0 Å². The Morgan fingerprint density at radius 1 is 1.30 bits per heavy atom. The summed E-state index contributed by atoms with van der Waals surface area (Å²) in [5.74, 6) is 0.250. The van der Waals surface area contributed by atoms with Crippen LogP contribution in [0.3, 0.4) is 0 Å². The lowest BCUT2D eigenvalue weighted by Gasteiger charge is -2.06. The van der Waals surface area contributed by atoms with Gasteiger partial charge in [-0.1, -0.05) is 0 Å². The van der Waals surface area contributed by atoms with E-state index in [0.717, 1.165) is 0 Å². The molecule has 3 nitrogen and oxygen atoms in total. The fourth-order valence-electron chi connectivity index (χ4n) is 0.348. The molecule has 0 aliphatic heterocycles. The molecule has 0 saturated carbocycles. The summed E-state index contributed by atoms with van der Waals surface area (Å²) in [6.07, 6.45) is 1.25. The third-order valence-electron chi connectivity index (χ3n) is 0.909. The van der Waals surface area contributed by atoms with Crippen molar-refractivity contribution in [3.8, 4) is 0 Å². The summed E-state index contributed by atoms with van der Waals surface area (Å²) in [7, 11) is 0.944. The normalized spacial score (nSPS) is 11.2. The first-order chi connectivity index (χ1) is 3.92. The predicted molar refractivity (Wildman–Crippen MR) is 48.6 cm³/mol. The minimum atomic E-state index is -2.76. The zero-order valence-corrected chi connectivity index (χ0v) is 9.02. The summed E-state index contributed by atoms with van der Waals surface area (Å²) in [6, 6.07) is 0. The topological polar surface area (TPSA) is 37.4 Å². The number of hydrogen-bond donors (Lipinski definition) is 0. The van der Waals surface area contributed by atoms with E-state index in [1.165, 1.54) is 6.26 Å². The summed E-state index contributed by atoms with van der Waals surface area (Å²) in [5.41, 5.74) is 0. The van der Waals surface area contributed by atoms with Crippen molar-refractivity contribution in [1.82, 2.24) is 4.90 Å². The smallest absolute Gasteiger partial charge is 0.148 e. The molecule has 0 rings (SSSR count). The van der Waals surface area contributed by atoms with Crippen LogP contribution in [0.5, 0.6) is 0 Å². The van der Waals surface area contributed by atoms with Crippen molar-refractivity contribution in [1.29, 1.82) is 0 Å². The van der Waals surface area contributed by atoms with Gasteiger partial charge in [-0.15, -0.1) is 17.0 Å². The Kier molecular flexibility index (Phi) is 6.63. The fraction of sp³-hybridized carbons (Fsp3) is 1.00. The van der Waals surface area contributed by atoms with Crippen LogP contribution in [0.4, 0.5) is 0 Å². The van der Waals surface area contributed by atoms with E-state index in [-0.39, 0.29) is 22.7 Å². The maximum absolute atomic E-state index is 10.5. The average Bonchev–Trinajstić information content (AvgIpc) is 1.59. The molecule has 0 radical (unpaired) electrons. The predicted octanol–water partition coefficient (Wildman–Crippen LogP) is 0.171. The number of halogens is 1. The van der Waals surface area contributed by atoms with E-state index in [0.29, 0.717) is 6.54 Å². The van der Waals surface area contributed by atoms with Crippen LogP contribution in [0.25, 0.3) is 0 Å². The fourth-order valence-corrected chi connectivity index (χ4v) is 1.05. The number of hydrogen-bond acceptors (Lipinski definition) is 3. The zero-order valence-electron chi connectivity index (χ0n) is 6.49. The van der Waals surface area contributed by atoms with E-state index in [4.69, 9.17) is 0 Å². The molecule has 0 atom stereocenters. The van der Waals surface area contributed by atoms with Gasteiger partial charge in [0, 0.05) is 12.8 Å². The van der Waals surface area contributed by atoms with Gasteiger partial charge in [-0.25, -0.2) is 8.42 Å². The molecular weight excluding hydrogens is 218 g/mol. The van der Waals surface area contributed by atoms with Crippen LogP contribution < -0.4 is 0 Å². The average molecular weight is 232 g/mol. The van der Waals surface area contributed by atoms with Crippen LogP contribution in [0.15, 0.2) is 0 Å². The lowest BCUT2D eigenvalue weighted by Crippen LogP contribution is -2.20. The molecule has 64 valence electrons. The van der Waals surface area contributed by atoms with E-state index >= 15 is 0 Å². The van der Waals surface area contributed by atoms with Gasteiger partial charge in [0.05, 0.1) is 5.75 Å². The molecule has 10 heavy (non-hydrogen) atoms. The lowest BCUT2D eigenvalue weighted by atomic mass is 10.7. The Morgan fingerprint density at radius 2 is 1.70 bits per heavy atom. The molecule has 0 aliphatic carbocycles. The summed E-state index contributed by atoms with van der Waals surface area (Å²) < 4.78 is 21.0. The Balaban J connectivity index is 0. The van der Waals surface area contributed by atoms with E-state index in [1.807, 2.05) is 19.0 Å². The van der Waals surface area contributed by atoms with Gasteiger partial charge in [-0.05, 0) is 14.1 Å². The van der Waals surface area contributed by atoms with Gasteiger partial charge in [-0.2, -0.15) is 0 Å². The molecular formula is C5H14BrNO2S. The third-order valence-corrected chi connectivity index (χ3v) is 1.83. The lowest BCUT2D eigenvalue weighted by molar-refractivity contribution is 0.432. The second-order valence-electron chi connectivity index (χ2n) is 2.43. The SMILES string of the molecule is Br.CN(C)CCS(C)(=O)=O. The first-order valence-corrected chi connectivity index (χ1v) is 4.80. The maximum atomic E-state index is 10.5. The van der Waals surface area contributed by atoms with Crippen LogP contribution in [0.2, 0.25) is 0 Å². The van der Waals surface area contributed by atoms with Crippen molar-refractivity contribution >= 4 is 26.8 Å². The molecule has 0 heterocycles. The molecule has 0 N–H and O–H groups in total. The highest BCUT2D eigenvalue weighted by atomic mass is 79.9. The second kappa shape index (κ2) is 5.09. The van der Waals surface area contributed by atoms with Crippen LogP contribution in [0, 0.1) is 0 Å². The molecule has 5 heteroatoms. The van der Waals surface area contributed by atoms with Crippen LogP contribution in [0.1, 0.15) is 0 Å². The Labute approximate surface area is 73.1 Å². The zero-order chi connectivity index (χ0) is 7.49. The molecule has 0 fully saturated rings. The van der Waals surface area contributed by atoms with Crippen molar-refractivity contribution in [2.24, 2.45) is 0 Å². The van der Waals surface area contributed by atoms with Gasteiger partial charge in [0.2, 0.25) is 0 Å². The molecule has 0 aromatic carbocycles. The van der Waals surface area contributed by atoms with Crippen molar-refractivity contribution in [2.75, 3.05) is 32.6 Å². The molecule has 0 spiro atoms. The highest BCUT2D eigenvalue weighted by Gasteiger charge is 2.00. The van der Waals surface area contributed by atoms with Crippen molar-refractivity contribution in [3.05, 3.63) is 0 Å². The Bertz CT molecular complexity index is 164. The Morgan fingerprint density at radius 3 is 1.80 bits per heavy atom. The molecule has 0 aromatic rings. The quantitative estimate of drug-likeness (QED) is 0.696. The van der Waals surface area contributed by atoms with Gasteiger partial charge in [-0.3, -0.25) is 0 Å². The van der Waals surface area contributed by atoms with Crippen LogP contribution >= 0.6 is 17.0 Å². The number of sulfone groups is 1. The van der Waals surface area contributed by atoms with E-state index in [1.54, 1.807) is 0 Å². The molecule has 0 saturated heterocycles. The van der Waals surface area contributed by atoms with Gasteiger partial charge in [0.1, 0.15) is 9.84 Å². The maximum Gasteiger partial charge on any atom is 0.148 e. The van der Waals surface area contributed by atoms with Gasteiger partial charge in [0.15, 0.2) is 0 Å². The second-order valence-corrected chi connectivity index (χ2v) is 4.69. The van der Waals surface area contributed by atoms with Gasteiger partial charge < -0.3 is 4.90 Å². The third kappa shape index (κ3) is 11.2. The van der Waals surface area contributed by atoms with Crippen LogP contribution in [-0.2, 0) is 9.84 Å². The molecule has 0 bridgehead atoms. The minimum absolute atomic E-state index is 0. The largest absolute Gasteiger partial charge is 0.308 e. The van der Waals surface area contributed by atoms with Crippen molar-refractivity contribution < 1.29 is 8.42 Å². The Hall–Kier alpha value is 0.390. The molecule has 0 amide bonds. The van der Waals surface area contributed by atoms with Crippen LogP contribution in [-0.4, -0.2) is 46.0 Å². The molecule has 0 unspecified atom stereocenters. The molecule has 0 aromatic heterocycles. The highest BCUT2D eigenvalue weighted by molar-refractivity contribution is 8.93. The number of rotatable bonds is 3. The first kappa shape index (κ1) is 13.0. The van der Waals surface area contributed by atoms with E-state index < -0.39 is 9.84 Å². The van der Waals surface area contributed by atoms with Gasteiger partial charge in [0.25, 0.3) is 0 Å². The summed E-state index contributed by atoms with van der Waals surface area (Å²) >= 11 is 0. The number of nitrogens with zero attached hydrogens (tertiary/aromatic N) is 1. The summed E-state index contributed by atoms with van der Waals surface area (Å²) in [4.78, 5) is 1.85. The molecule has 0 aliphatic rings. The standard InChI is InChI=1S/C5H13NO2S.BrH/c1-6(2)4-5-9(3,7)8;/h4-5H2,1-3H3;1H. The first-order valence-electron chi connectivity index (χ1n) is 2.74. The summed E-state index contributed by atoms with van der Waals surface area (Å²) in [6.45, 7) is 0.610.